The highest BCUT2D eigenvalue weighted by molar-refractivity contribution is 7.98. The van der Waals surface area contributed by atoms with E-state index in [1.165, 1.54) is 11.1 Å². The normalized spacial score (nSPS) is 19.5. The van der Waals surface area contributed by atoms with E-state index in [4.69, 9.17) is 0 Å². The van der Waals surface area contributed by atoms with Gasteiger partial charge in [-0.1, -0.05) is 29.8 Å². The molecule has 1 fully saturated rings. The molecule has 0 aliphatic carbocycles. The molecule has 1 N–H and O–H groups in total. The number of hydrogen-bond acceptors (Lipinski definition) is 5. The minimum Gasteiger partial charge on any atom is -0.354 e. The van der Waals surface area contributed by atoms with Crippen molar-refractivity contribution in [2.24, 2.45) is 0 Å². The molecule has 0 saturated carbocycles. The van der Waals surface area contributed by atoms with E-state index in [0.717, 1.165) is 11.5 Å². The number of hydrogen-bond donors (Lipinski definition) is 1. The lowest BCUT2D eigenvalue weighted by Gasteiger charge is -2.22. The number of amides is 1. The summed E-state index contributed by atoms with van der Waals surface area (Å²) < 4.78 is 23.0. The second-order valence-electron chi connectivity index (χ2n) is 6.36. The fraction of sp³-hybridized carbons (Fsp3) is 0.588. The van der Waals surface area contributed by atoms with Gasteiger partial charge in [-0.25, -0.2) is 8.42 Å². The van der Waals surface area contributed by atoms with Crippen molar-refractivity contribution in [2.45, 2.75) is 25.1 Å². The summed E-state index contributed by atoms with van der Waals surface area (Å²) in [5, 5.41) is 2.90. The number of carbonyl (C=O) groups is 1. The number of carbonyl (C=O) groups excluding carboxylic acids is 1. The molecule has 1 saturated heterocycles. The minimum absolute atomic E-state index is 0.0309. The van der Waals surface area contributed by atoms with Crippen molar-refractivity contribution >= 4 is 27.5 Å². The Hall–Kier alpha value is -1.05. The molecule has 0 bridgehead atoms. The predicted molar refractivity (Wildman–Crippen MR) is 100 cm³/mol. The Kier molecular flexibility index (Phi) is 7.13. The molecular formula is C17H26N2O3S2. The molecule has 1 amide bonds. The van der Waals surface area contributed by atoms with Gasteiger partial charge in [0.2, 0.25) is 5.91 Å². The average molecular weight is 371 g/mol. The van der Waals surface area contributed by atoms with Gasteiger partial charge in [-0.15, -0.1) is 0 Å². The summed E-state index contributed by atoms with van der Waals surface area (Å²) >= 11 is 1.79. The SMILES string of the molecule is Cc1ccc(CSCCNC(=O)CN(C)C2CCS(=O)(=O)C2)cc1. The number of rotatable bonds is 8. The number of thioether (sulfide) groups is 1. The number of nitrogens with one attached hydrogen (secondary N) is 1. The van der Waals surface area contributed by atoms with Gasteiger partial charge in [0.05, 0.1) is 18.1 Å². The van der Waals surface area contributed by atoms with Gasteiger partial charge in [-0.05, 0) is 26.0 Å². The molecule has 1 heterocycles. The Morgan fingerprint density at radius 1 is 1.33 bits per heavy atom. The third kappa shape index (κ3) is 6.45. The van der Waals surface area contributed by atoms with Gasteiger partial charge < -0.3 is 5.32 Å². The van der Waals surface area contributed by atoms with Crippen molar-refractivity contribution in [3.8, 4) is 0 Å². The molecule has 134 valence electrons. The highest BCUT2D eigenvalue weighted by Gasteiger charge is 2.31. The summed E-state index contributed by atoms with van der Waals surface area (Å²) in [7, 11) is -1.09. The zero-order valence-corrected chi connectivity index (χ0v) is 16.0. The Labute approximate surface area is 149 Å². The Morgan fingerprint density at radius 3 is 2.67 bits per heavy atom. The molecule has 1 atom stereocenters. The van der Waals surface area contributed by atoms with Crippen molar-refractivity contribution in [1.82, 2.24) is 10.2 Å². The van der Waals surface area contributed by atoms with E-state index < -0.39 is 9.84 Å². The van der Waals surface area contributed by atoms with Crippen LogP contribution in [0, 0.1) is 6.92 Å². The van der Waals surface area contributed by atoms with E-state index in [1.807, 2.05) is 11.9 Å². The lowest BCUT2D eigenvalue weighted by Crippen LogP contribution is -2.41. The van der Waals surface area contributed by atoms with E-state index in [2.05, 4.69) is 36.5 Å². The van der Waals surface area contributed by atoms with Crippen LogP contribution >= 0.6 is 11.8 Å². The van der Waals surface area contributed by atoms with Crippen molar-refractivity contribution in [2.75, 3.05) is 37.4 Å². The van der Waals surface area contributed by atoms with Crippen molar-refractivity contribution in [3.05, 3.63) is 35.4 Å². The van der Waals surface area contributed by atoms with Crippen LogP contribution in [-0.2, 0) is 20.4 Å². The molecule has 1 aliphatic rings. The molecule has 5 nitrogen and oxygen atoms in total. The molecule has 7 heteroatoms. The molecule has 0 spiro atoms. The highest BCUT2D eigenvalue weighted by Crippen LogP contribution is 2.16. The second kappa shape index (κ2) is 8.87. The van der Waals surface area contributed by atoms with Crippen LogP contribution in [0.2, 0.25) is 0 Å². The fourth-order valence-corrected chi connectivity index (χ4v) is 5.30. The number of aryl methyl sites for hydroxylation is 1. The molecule has 1 unspecified atom stereocenters. The molecule has 24 heavy (non-hydrogen) atoms. The lowest BCUT2D eigenvalue weighted by atomic mass is 10.2. The molecule has 0 radical (unpaired) electrons. The summed E-state index contributed by atoms with van der Waals surface area (Å²) in [6.45, 7) is 2.96. The van der Waals surface area contributed by atoms with E-state index in [9.17, 15) is 13.2 Å². The molecule has 1 aromatic carbocycles. The van der Waals surface area contributed by atoms with Crippen molar-refractivity contribution in [3.63, 3.8) is 0 Å². The van der Waals surface area contributed by atoms with Crippen molar-refractivity contribution in [1.29, 1.82) is 0 Å². The number of likely N-dealkylation sites (N-methyl/N-ethyl adjacent to an activating group) is 1. The number of sulfone groups is 1. The van der Waals surface area contributed by atoms with E-state index in [0.29, 0.717) is 13.0 Å². The highest BCUT2D eigenvalue weighted by atomic mass is 32.2. The summed E-state index contributed by atoms with van der Waals surface area (Å²) in [5.74, 6) is 2.16. The van der Waals surface area contributed by atoms with Crippen LogP contribution in [0.4, 0.5) is 0 Å². The van der Waals surface area contributed by atoms with Crippen LogP contribution in [0.5, 0.6) is 0 Å². The smallest absolute Gasteiger partial charge is 0.234 e. The van der Waals surface area contributed by atoms with Gasteiger partial charge in [0, 0.05) is 24.1 Å². The summed E-state index contributed by atoms with van der Waals surface area (Å²) in [6, 6.07) is 8.45. The van der Waals surface area contributed by atoms with Gasteiger partial charge in [0.15, 0.2) is 9.84 Å². The molecule has 2 rings (SSSR count). The van der Waals surface area contributed by atoms with Crippen LogP contribution in [0.1, 0.15) is 17.5 Å². The summed E-state index contributed by atoms with van der Waals surface area (Å²) in [4.78, 5) is 13.8. The maximum atomic E-state index is 11.9. The monoisotopic (exact) mass is 370 g/mol. The maximum absolute atomic E-state index is 11.9. The van der Waals surface area contributed by atoms with Gasteiger partial charge in [0.25, 0.3) is 0 Å². The van der Waals surface area contributed by atoms with Crippen LogP contribution in [0.25, 0.3) is 0 Å². The quantitative estimate of drug-likeness (QED) is 0.702. The van der Waals surface area contributed by atoms with Crippen LogP contribution in [0.3, 0.4) is 0 Å². The van der Waals surface area contributed by atoms with Crippen LogP contribution < -0.4 is 5.32 Å². The van der Waals surface area contributed by atoms with E-state index >= 15 is 0 Å². The fourth-order valence-electron chi connectivity index (χ4n) is 2.67. The van der Waals surface area contributed by atoms with E-state index in [-0.39, 0.29) is 30.0 Å². The van der Waals surface area contributed by atoms with Gasteiger partial charge in [-0.2, -0.15) is 11.8 Å². The van der Waals surface area contributed by atoms with Gasteiger partial charge in [-0.3, -0.25) is 9.69 Å². The first-order chi connectivity index (χ1) is 11.4. The zero-order chi connectivity index (χ0) is 17.6. The van der Waals surface area contributed by atoms with Crippen molar-refractivity contribution < 1.29 is 13.2 Å². The minimum atomic E-state index is -2.91. The topological polar surface area (TPSA) is 66.5 Å². The summed E-state index contributed by atoms with van der Waals surface area (Å²) in [5.41, 5.74) is 2.55. The van der Waals surface area contributed by atoms with Gasteiger partial charge in [0.1, 0.15) is 0 Å². The molecular weight excluding hydrogens is 344 g/mol. The lowest BCUT2D eigenvalue weighted by molar-refractivity contribution is -0.122. The third-order valence-electron chi connectivity index (χ3n) is 4.18. The first kappa shape index (κ1) is 19.3. The Bertz CT molecular complexity index is 644. The number of benzene rings is 1. The predicted octanol–water partition coefficient (Wildman–Crippen LogP) is 1.46. The Balaban J connectivity index is 1.59. The second-order valence-corrected chi connectivity index (χ2v) is 9.69. The number of nitrogens with zero attached hydrogens (tertiary/aromatic N) is 1. The van der Waals surface area contributed by atoms with Gasteiger partial charge >= 0.3 is 0 Å². The third-order valence-corrected chi connectivity index (χ3v) is 6.96. The average Bonchev–Trinajstić information content (AvgIpc) is 2.89. The molecule has 0 aromatic heterocycles. The van der Waals surface area contributed by atoms with E-state index in [1.54, 1.807) is 11.8 Å². The largest absolute Gasteiger partial charge is 0.354 e. The van der Waals surface area contributed by atoms with Crippen LogP contribution in [-0.4, -0.2) is 62.7 Å². The standard InChI is InChI=1S/C17H26N2O3S2/c1-14-3-5-15(6-4-14)12-23-9-8-18-17(20)11-19(2)16-7-10-24(21,22)13-16/h3-6,16H,7-13H2,1-2H3,(H,18,20). The summed E-state index contributed by atoms with van der Waals surface area (Å²) in [6.07, 6.45) is 0.624. The van der Waals surface area contributed by atoms with Crippen LogP contribution in [0.15, 0.2) is 24.3 Å². The maximum Gasteiger partial charge on any atom is 0.234 e. The zero-order valence-electron chi connectivity index (χ0n) is 14.3. The molecule has 1 aliphatic heterocycles. The first-order valence-electron chi connectivity index (χ1n) is 8.16. The first-order valence-corrected chi connectivity index (χ1v) is 11.1. The Morgan fingerprint density at radius 2 is 2.04 bits per heavy atom. The molecule has 1 aromatic rings.